The van der Waals surface area contributed by atoms with Gasteiger partial charge in [-0.2, -0.15) is 13.2 Å². The topological polar surface area (TPSA) is 42.4 Å². The van der Waals surface area contributed by atoms with Gasteiger partial charge in [0.15, 0.2) is 5.69 Å². The van der Waals surface area contributed by atoms with Crippen LogP contribution in [0.5, 0.6) is 5.75 Å². The van der Waals surface area contributed by atoms with E-state index in [0.29, 0.717) is 0 Å². The molecule has 2 unspecified atom stereocenters. The summed E-state index contributed by atoms with van der Waals surface area (Å²) in [4.78, 5) is 3.21. The number of ether oxygens (including phenoxy) is 1. The number of rotatable bonds is 4. The molecule has 2 rings (SSSR count). The molecule has 1 N–H and O–H groups in total. The molecule has 20 heavy (non-hydrogen) atoms. The van der Waals surface area contributed by atoms with Crippen LogP contribution >= 0.6 is 0 Å². The van der Waals surface area contributed by atoms with Crippen LogP contribution in [0.1, 0.15) is 29.3 Å². The third-order valence-electron chi connectivity index (χ3n) is 3.03. The van der Waals surface area contributed by atoms with Crippen LogP contribution in [0.15, 0.2) is 6.20 Å². The summed E-state index contributed by atoms with van der Waals surface area (Å²) in [6.07, 6.45) is -7.97. The maximum Gasteiger partial charge on any atom is 0.433 e. The summed E-state index contributed by atoms with van der Waals surface area (Å²) < 4.78 is 68.9. The van der Waals surface area contributed by atoms with Crippen molar-refractivity contribution in [2.45, 2.75) is 31.3 Å². The molecule has 0 saturated heterocycles. The van der Waals surface area contributed by atoms with Gasteiger partial charge in [0, 0.05) is 24.0 Å². The zero-order valence-corrected chi connectivity index (χ0v) is 10.3. The molecule has 0 saturated carbocycles. The number of fused-ring (bicyclic) bond motifs is 1. The monoisotopic (exact) mass is 297 g/mol. The predicted octanol–water partition coefficient (Wildman–Crippen LogP) is 2.77. The van der Waals surface area contributed by atoms with Gasteiger partial charge in [-0.3, -0.25) is 4.39 Å². The molecule has 1 aromatic heterocycles. The Kier molecular flexibility index (Phi) is 4.12. The first-order valence-electron chi connectivity index (χ1n) is 5.96. The highest BCUT2D eigenvalue weighted by atomic mass is 19.4. The lowest BCUT2D eigenvalue weighted by Crippen LogP contribution is -2.16. The maximum atomic E-state index is 13.5. The minimum Gasteiger partial charge on any atom is -0.492 e. The van der Waals surface area contributed by atoms with Crippen molar-refractivity contribution in [3.8, 4) is 5.75 Å². The van der Waals surface area contributed by atoms with Gasteiger partial charge in [-0.15, -0.1) is 0 Å². The number of hydrogen-bond donors (Lipinski definition) is 1. The van der Waals surface area contributed by atoms with Gasteiger partial charge in [0.2, 0.25) is 0 Å². The first kappa shape index (κ1) is 15.0. The Morgan fingerprint density at radius 1 is 1.40 bits per heavy atom. The van der Waals surface area contributed by atoms with Crippen LogP contribution in [0.2, 0.25) is 0 Å². The van der Waals surface area contributed by atoms with E-state index in [9.17, 15) is 27.1 Å². The van der Waals surface area contributed by atoms with E-state index in [0.717, 1.165) is 6.20 Å². The predicted molar refractivity (Wildman–Crippen MR) is 58.9 cm³/mol. The summed E-state index contributed by atoms with van der Waals surface area (Å²) in [5.74, 6) is -0.0411. The van der Waals surface area contributed by atoms with Gasteiger partial charge in [0.05, 0.1) is 19.5 Å². The molecule has 0 fully saturated rings. The summed E-state index contributed by atoms with van der Waals surface area (Å²) in [5.41, 5.74) is -1.94. The van der Waals surface area contributed by atoms with E-state index in [1.54, 1.807) is 0 Å². The molecule has 2 atom stereocenters. The lowest BCUT2D eigenvalue weighted by molar-refractivity contribution is -0.143. The van der Waals surface area contributed by atoms with Crippen LogP contribution < -0.4 is 4.74 Å². The van der Waals surface area contributed by atoms with Crippen LogP contribution in [-0.2, 0) is 12.6 Å². The first-order valence-corrected chi connectivity index (χ1v) is 5.96. The van der Waals surface area contributed by atoms with E-state index < -0.39 is 36.4 Å². The van der Waals surface area contributed by atoms with Crippen molar-refractivity contribution >= 4 is 0 Å². The summed E-state index contributed by atoms with van der Waals surface area (Å²) in [6.45, 7) is -0.687. The normalized spacial score (nSPS) is 21.9. The quantitative estimate of drug-likeness (QED) is 0.686. The Morgan fingerprint density at radius 3 is 2.70 bits per heavy atom. The van der Waals surface area contributed by atoms with Crippen molar-refractivity contribution in [2.75, 3.05) is 13.3 Å². The van der Waals surface area contributed by atoms with Crippen LogP contribution in [-0.4, -0.2) is 29.5 Å². The molecule has 1 aliphatic carbocycles. The zero-order valence-electron chi connectivity index (χ0n) is 10.3. The van der Waals surface area contributed by atoms with Crippen molar-refractivity contribution in [3.05, 3.63) is 23.0 Å². The van der Waals surface area contributed by atoms with Crippen molar-refractivity contribution < 1.29 is 31.8 Å². The Morgan fingerprint density at radius 2 is 2.10 bits per heavy atom. The Balaban J connectivity index is 2.40. The SMILES string of the molecule is OC1c2c(C(F)(F)F)ncc(OCCCF)c2CC1F. The molecular formula is C12H12F5NO2. The lowest BCUT2D eigenvalue weighted by atomic mass is 10.1. The average Bonchev–Trinajstić information content (AvgIpc) is 2.66. The summed E-state index contributed by atoms with van der Waals surface area (Å²) in [7, 11) is 0. The Labute approximate surface area is 111 Å². The highest BCUT2D eigenvalue weighted by Crippen LogP contribution is 2.44. The smallest absolute Gasteiger partial charge is 0.433 e. The second-order valence-electron chi connectivity index (χ2n) is 4.42. The number of pyridine rings is 1. The molecule has 1 heterocycles. The van der Waals surface area contributed by atoms with Crippen LogP contribution in [0, 0.1) is 0 Å². The fraction of sp³-hybridized carbons (Fsp3) is 0.583. The van der Waals surface area contributed by atoms with E-state index in [1.807, 2.05) is 0 Å². The number of hydrogen-bond acceptors (Lipinski definition) is 3. The van der Waals surface area contributed by atoms with Crippen molar-refractivity contribution in [3.63, 3.8) is 0 Å². The third kappa shape index (κ3) is 2.70. The molecule has 0 spiro atoms. The van der Waals surface area contributed by atoms with E-state index in [4.69, 9.17) is 4.74 Å². The van der Waals surface area contributed by atoms with Gasteiger partial charge in [0.1, 0.15) is 18.0 Å². The highest BCUT2D eigenvalue weighted by Gasteiger charge is 2.44. The third-order valence-corrected chi connectivity index (χ3v) is 3.03. The number of aromatic nitrogens is 1. The molecule has 0 radical (unpaired) electrons. The van der Waals surface area contributed by atoms with Gasteiger partial charge in [0.25, 0.3) is 0 Å². The Hall–Kier alpha value is -1.44. The van der Waals surface area contributed by atoms with Crippen molar-refractivity contribution in [2.24, 2.45) is 0 Å². The van der Waals surface area contributed by atoms with Crippen LogP contribution in [0.4, 0.5) is 22.0 Å². The number of alkyl halides is 5. The maximum absolute atomic E-state index is 13.5. The second kappa shape index (κ2) is 5.51. The fourth-order valence-electron chi connectivity index (χ4n) is 2.15. The molecule has 0 aliphatic heterocycles. The molecular weight excluding hydrogens is 285 g/mol. The molecule has 3 nitrogen and oxygen atoms in total. The molecule has 0 bridgehead atoms. The van der Waals surface area contributed by atoms with Gasteiger partial charge >= 0.3 is 6.18 Å². The molecule has 0 aromatic carbocycles. The summed E-state index contributed by atoms with van der Waals surface area (Å²) in [6, 6.07) is 0. The second-order valence-corrected chi connectivity index (χ2v) is 4.42. The van der Waals surface area contributed by atoms with Crippen molar-refractivity contribution in [1.29, 1.82) is 0 Å². The van der Waals surface area contributed by atoms with E-state index in [1.165, 1.54) is 0 Å². The van der Waals surface area contributed by atoms with E-state index in [2.05, 4.69) is 4.98 Å². The van der Waals surface area contributed by atoms with Crippen LogP contribution in [0.3, 0.4) is 0 Å². The van der Waals surface area contributed by atoms with Gasteiger partial charge in [-0.05, 0) is 0 Å². The standard InChI is InChI=1S/C12H12F5NO2/c13-2-1-3-20-8-5-18-11(12(15,16)17)9-6(8)4-7(14)10(9)19/h5,7,10,19H,1-4H2. The minimum atomic E-state index is -4.79. The largest absolute Gasteiger partial charge is 0.492 e. The van der Waals surface area contributed by atoms with Gasteiger partial charge < -0.3 is 9.84 Å². The zero-order chi connectivity index (χ0) is 14.9. The lowest BCUT2D eigenvalue weighted by Gasteiger charge is -2.16. The summed E-state index contributed by atoms with van der Waals surface area (Å²) in [5, 5.41) is 9.56. The molecule has 8 heteroatoms. The molecule has 112 valence electrons. The van der Waals surface area contributed by atoms with Gasteiger partial charge in [-0.1, -0.05) is 0 Å². The molecule has 1 aliphatic rings. The first-order chi connectivity index (χ1) is 9.36. The Bertz CT molecular complexity index is 491. The number of halogens is 5. The number of nitrogens with zero attached hydrogens (tertiary/aromatic N) is 1. The van der Waals surface area contributed by atoms with Gasteiger partial charge in [-0.25, -0.2) is 9.37 Å². The average molecular weight is 297 g/mol. The molecule has 0 amide bonds. The molecule has 1 aromatic rings. The number of aliphatic hydroxyl groups excluding tert-OH is 1. The minimum absolute atomic E-state index is 0.0411. The van der Waals surface area contributed by atoms with E-state index >= 15 is 0 Å². The van der Waals surface area contributed by atoms with E-state index in [-0.39, 0.29) is 30.8 Å². The van der Waals surface area contributed by atoms with Crippen LogP contribution in [0.25, 0.3) is 0 Å². The highest BCUT2D eigenvalue weighted by molar-refractivity contribution is 5.47. The summed E-state index contributed by atoms with van der Waals surface area (Å²) >= 11 is 0. The fourth-order valence-corrected chi connectivity index (χ4v) is 2.15. The number of aliphatic hydroxyl groups is 1. The van der Waals surface area contributed by atoms with Crippen molar-refractivity contribution in [1.82, 2.24) is 4.98 Å².